The van der Waals surface area contributed by atoms with Crippen molar-refractivity contribution in [3.05, 3.63) is 29.7 Å². The van der Waals surface area contributed by atoms with Gasteiger partial charge in [-0.25, -0.2) is 0 Å². The number of hydrogen-bond acceptors (Lipinski definition) is 6. The van der Waals surface area contributed by atoms with Crippen LogP contribution in [0.5, 0.6) is 0 Å². The molecule has 0 aromatic carbocycles. The number of aromatic nitrogens is 1. The summed E-state index contributed by atoms with van der Waals surface area (Å²) in [4.78, 5) is 12.6. The van der Waals surface area contributed by atoms with Crippen LogP contribution in [-0.2, 0) is 0 Å². The monoisotopic (exact) mass is 416 g/mol. The Labute approximate surface area is 179 Å². The van der Waals surface area contributed by atoms with Gasteiger partial charge >= 0.3 is 0 Å². The number of hydrogen-bond donors (Lipinski definition) is 4. The second kappa shape index (κ2) is 10.6. The highest BCUT2D eigenvalue weighted by Crippen LogP contribution is 2.40. The molecule has 30 heavy (non-hydrogen) atoms. The summed E-state index contributed by atoms with van der Waals surface area (Å²) in [6, 6.07) is 2.87. The lowest BCUT2D eigenvalue weighted by atomic mass is 9.85. The van der Waals surface area contributed by atoms with Gasteiger partial charge in [-0.05, 0) is 70.3 Å². The van der Waals surface area contributed by atoms with Gasteiger partial charge in [0.2, 0.25) is 0 Å². The number of nitrogens with one attached hydrogen (secondary N) is 3. The van der Waals surface area contributed by atoms with Gasteiger partial charge in [0, 0.05) is 36.7 Å². The van der Waals surface area contributed by atoms with Gasteiger partial charge in [0.25, 0.3) is 5.91 Å². The van der Waals surface area contributed by atoms with E-state index < -0.39 is 0 Å². The van der Waals surface area contributed by atoms with E-state index in [1.807, 2.05) is 0 Å². The van der Waals surface area contributed by atoms with Crippen molar-refractivity contribution in [2.45, 2.75) is 81.8 Å². The second-order valence-electron chi connectivity index (χ2n) is 9.24. The molecular weight excluding hydrogens is 380 g/mol. The first kappa shape index (κ1) is 21.5. The van der Waals surface area contributed by atoms with Crippen LogP contribution in [-0.4, -0.2) is 54.0 Å². The molecule has 0 unspecified atom stereocenters. The molecule has 0 spiro atoms. The molecule has 1 heterocycles. The van der Waals surface area contributed by atoms with E-state index in [0.29, 0.717) is 36.2 Å². The molecular formula is C23H36N4O3. The van der Waals surface area contributed by atoms with E-state index >= 15 is 0 Å². The van der Waals surface area contributed by atoms with E-state index in [0.717, 1.165) is 44.4 Å². The van der Waals surface area contributed by atoms with Crippen LogP contribution in [0.4, 0.5) is 0 Å². The molecule has 2 saturated carbocycles. The topological polar surface area (TPSA) is 99.4 Å². The molecule has 3 aliphatic rings. The van der Waals surface area contributed by atoms with Crippen LogP contribution in [0, 0.1) is 5.92 Å². The Morgan fingerprint density at radius 1 is 1.03 bits per heavy atom. The first-order valence-corrected chi connectivity index (χ1v) is 11.7. The molecule has 2 atom stereocenters. The van der Waals surface area contributed by atoms with Crippen molar-refractivity contribution in [2.75, 3.05) is 19.7 Å². The van der Waals surface area contributed by atoms with Crippen LogP contribution in [0.3, 0.4) is 0 Å². The molecule has 0 saturated heterocycles. The van der Waals surface area contributed by atoms with E-state index in [1.54, 1.807) is 6.07 Å². The lowest BCUT2D eigenvalue weighted by Gasteiger charge is -2.31. The molecule has 4 N–H and O–H groups in total. The fourth-order valence-electron chi connectivity index (χ4n) is 4.73. The number of carbonyl (C=O) groups is 1. The predicted octanol–water partition coefficient (Wildman–Crippen LogP) is 2.49. The van der Waals surface area contributed by atoms with Crippen molar-refractivity contribution in [3.8, 4) is 0 Å². The zero-order valence-corrected chi connectivity index (χ0v) is 17.8. The number of rotatable bonds is 9. The third-order valence-corrected chi connectivity index (χ3v) is 6.74. The molecule has 4 rings (SSSR count). The van der Waals surface area contributed by atoms with E-state index in [4.69, 9.17) is 9.63 Å². The molecule has 1 amide bonds. The van der Waals surface area contributed by atoms with Gasteiger partial charge in [0.05, 0.1) is 6.61 Å². The maximum Gasteiger partial charge on any atom is 0.273 e. The molecule has 1 aromatic rings. The van der Waals surface area contributed by atoms with Crippen molar-refractivity contribution in [2.24, 2.45) is 5.92 Å². The van der Waals surface area contributed by atoms with Crippen LogP contribution in [0.1, 0.15) is 80.0 Å². The van der Waals surface area contributed by atoms with Gasteiger partial charge in [-0.15, -0.1) is 0 Å². The Hall–Kier alpha value is -1.70. The number of aliphatic hydroxyl groups excluding tert-OH is 1. The molecule has 7 nitrogen and oxygen atoms in total. The van der Waals surface area contributed by atoms with Crippen LogP contribution in [0.25, 0.3) is 0 Å². The Kier molecular flexibility index (Phi) is 7.57. The van der Waals surface area contributed by atoms with Crippen molar-refractivity contribution >= 4 is 5.91 Å². The second-order valence-corrected chi connectivity index (χ2v) is 9.24. The summed E-state index contributed by atoms with van der Waals surface area (Å²) in [6.45, 7) is 1.96. The van der Waals surface area contributed by atoms with Gasteiger partial charge in [0.15, 0.2) is 5.69 Å². The molecule has 3 aliphatic carbocycles. The van der Waals surface area contributed by atoms with Crippen molar-refractivity contribution in [1.29, 1.82) is 0 Å². The number of amides is 1. The minimum absolute atomic E-state index is 0.119. The third-order valence-electron chi connectivity index (χ3n) is 6.74. The minimum atomic E-state index is -0.126. The molecule has 2 fully saturated rings. The third kappa shape index (κ3) is 6.15. The van der Waals surface area contributed by atoms with E-state index in [1.165, 1.54) is 25.7 Å². The van der Waals surface area contributed by atoms with Crippen LogP contribution >= 0.6 is 0 Å². The standard InChI is InChI=1S/C23H36N4O3/c28-12-11-24-18-9-5-16(6-10-18)15-25-19-3-1-2-4-20(13-19)26-23(29)21-14-22(30-27-21)17-7-8-17/h1-2,14,16-20,24-25,28H,3-13,15H2,(H,26,29)/t16-,18-,19-,20-/m0/s1. The Morgan fingerprint density at radius 2 is 1.80 bits per heavy atom. The zero-order chi connectivity index (χ0) is 20.8. The molecule has 0 radical (unpaired) electrons. The van der Waals surface area contributed by atoms with Gasteiger partial charge in [-0.2, -0.15) is 0 Å². The highest BCUT2D eigenvalue weighted by molar-refractivity contribution is 5.92. The Bertz CT molecular complexity index is 707. The molecule has 1 aromatic heterocycles. The number of carbonyl (C=O) groups excluding carboxylic acids is 1. The molecule has 0 bridgehead atoms. The van der Waals surface area contributed by atoms with E-state index in [2.05, 4.69) is 33.3 Å². The minimum Gasteiger partial charge on any atom is -0.395 e. The summed E-state index contributed by atoms with van der Waals surface area (Å²) in [5, 5.41) is 23.3. The molecule has 7 heteroatoms. The molecule has 166 valence electrons. The van der Waals surface area contributed by atoms with Gasteiger partial charge in [0.1, 0.15) is 5.76 Å². The molecule has 0 aliphatic heterocycles. The highest BCUT2D eigenvalue weighted by atomic mass is 16.5. The van der Waals surface area contributed by atoms with Crippen LogP contribution in [0.2, 0.25) is 0 Å². The fourth-order valence-corrected chi connectivity index (χ4v) is 4.73. The predicted molar refractivity (Wildman–Crippen MR) is 115 cm³/mol. The van der Waals surface area contributed by atoms with Gasteiger partial charge < -0.3 is 25.6 Å². The van der Waals surface area contributed by atoms with Crippen LogP contribution in [0.15, 0.2) is 22.7 Å². The maximum atomic E-state index is 12.6. The van der Waals surface area contributed by atoms with Crippen LogP contribution < -0.4 is 16.0 Å². The number of nitrogens with zero attached hydrogens (tertiary/aromatic N) is 1. The largest absolute Gasteiger partial charge is 0.395 e. The van der Waals surface area contributed by atoms with Crippen molar-refractivity contribution in [1.82, 2.24) is 21.1 Å². The summed E-state index contributed by atoms with van der Waals surface area (Å²) >= 11 is 0. The summed E-state index contributed by atoms with van der Waals surface area (Å²) < 4.78 is 5.33. The van der Waals surface area contributed by atoms with Crippen molar-refractivity contribution in [3.63, 3.8) is 0 Å². The summed E-state index contributed by atoms with van der Waals surface area (Å²) in [5.41, 5.74) is 0.404. The quantitative estimate of drug-likeness (QED) is 0.462. The van der Waals surface area contributed by atoms with Crippen molar-refractivity contribution < 1.29 is 14.4 Å². The summed E-state index contributed by atoms with van der Waals surface area (Å²) in [7, 11) is 0. The number of aliphatic hydroxyl groups is 1. The maximum absolute atomic E-state index is 12.6. The normalized spacial score (nSPS) is 29.5. The van der Waals surface area contributed by atoms with E-state index in [-0.39, 0.29) is 18.6 Å². The van der Waals surface area contributed by atoms with Gasteiger partial charge in [-0.3, -0.25) is 4.79 Å². The average molecular weight is 417 g/mol. The fraction of sp³-hybridized carbons (Fsp3) is 0.739. The zero-order valence-electron chi connectivity index (χ0n) is 17.8. The lowest BCUT2D eigenvalue weighted by Crippen LogP contribution is -2.42. The lowest BCUT2D eigenvalue weighted by molar-refractivity contribution is 0.0924. The smallest absolute Gasteiger partial charge is 0.273 e. The summed E-state index contributed by atoms with van der Waals surface area (Å²) in [6.07, 6.45) is 14.3. The average Bonchev–Trinajstić information content (AvgIpc) is 3.54. The van der Waals surface area contributed by atoms with E-state index in [9.17, 15) is 4.79 Å². The first-order valence-electron chi connectivity index (χ1n) is 11.7. The highest BCUT2D eigenvalue weighted by Gasteiger charge is 2.29. The Morgan fingerprint density at radius 3 is 2.53 bits per heavy atom. The van der Waals surface area contributed by atoms with Gasteiger partial charge in [-0.1, -0.05) is 17.3 Å². The first-order chi connectivity index (χ1) is 14.7. The summed E-state index contributed by atoms with van der Waals surface area (Å²) in [5.74, 6) is 1.91. The SMILES string of the molecule is O=C(N[C@H]1CC=CC[C@H](NC[C@H]2CC[C@H](NCCO)CC2)C1)c1cc(C2CC2)on1. The Balaban J connectivity index is 1.20.